The average Bonchev–Trinajstić information content (AvgIpc) is 2.38. The smallest absolute Gasteiger partial charge is 0.0609 e. The Bertz CT molecular complexity index is 239. The molecule has 0 radical (unpaired) electrons. The SMILES string of the molecule is CCC1(CC)CCN(C(C)CC(C)(N)CO)CC1. The van der Waals surface area contributed by atoms with Gasteiger partial charge in [-0.05, 0) is 51.6 Å². The molecule has 1 rings (SSSR count). The normalized spacial score (nSPS) is 25.7. The van der Waals surface area contributed by atoms with Crippen LogP contribution in [0.1, 0.15) is 59.8 Å². The first-order chi connectivity index (χ1) is 8.38. The van der Waals surface area contributed by atoms with Crippen molar-refractivity contribution in [1.82, 2.24) is 4.90 Å². The van der Waals surface area contributed by atoms with Crippen LogP contribution in [-0.2, 0) is 0 Å². The van der Waals surface area contributed by atoms with Crippen LogP contribution >= 0.6 is 0 Å². The first-order valence-corrected chi connectivity index (χ1v) is 7.52. The van der Waals surface area contributed by atoms with Crippen molar-refractivity contribution in [2.45, 2.75) is 71.4 Å². The Hall–Kier alpha value is -0.120. The summed E-state index contributed by atoms with van der Waals surface area (Å²) in [7, 11) is 0. The van der Waals surface area contributed by atoms with E-state index in [1.54, 1.807) is 0 Å². The number of hydrogen-bond acceptors (Lipinski definition) is 3. The monoisotopic (exact) mass is 256 g/mol. The molecule has 0 aliphatic carbocycles. The summed E-state index contributed by atoms with van der Waals surface area (Å²) in [6.45, 7) is 11.3. The van der Waals surface area contributed by atoms with E-state index in [2.05, 4.69) is 25.7 Å². The van der Waals surface area contributed by atoms with Crippen molar-refractivity contribution >= 4 is 0 Å². The van der Waals surface area contributed by atoms with Crippen LogP contribution in [0, 0.1) is 5.41 Å². The fraction of sp³-hybridized carbons (Fsp3) is 1.00. The Morgan fingerprint density at radius 1 is 1.28 bits per heavy atom. The maximum Gasteiger partial charge on any atom is 0.0609 e. The highest BCUT2D eigenvalue weighted by Gasteiger charge is 2.33. The van der Waals surface area contributed by atoms with Crippen LogP contribution in [0.4, 0.5) is 0 Å². The third-order valence-electron chi connectivity index (χ3n) is 5.10. The van der Waals surface area contributed by atoms with Crippen molar-refractivity contribution in [2.24, 2.45) is 11.1 Å². The Labute approximate surface area is 113 Å². The van der Waals surface area contributed by atoms with E-state index in [1.807, 2.05) is 6.92 Å². The summed E-state index contributed by atoms with van der Waals surface area (Å²) in [6, 6.07) is 0.471. The number of aliphatic hydroxyl groups excluding tert-OH is 1. The van der Waals surface area contributed by atoms with Gasteiger partial charge in [-0.1, -0.05) is 26.7 Å². The minimum Gasteiger partial charge on any atom is -0.394 e. The second-order valence-corrected chi connectivity index (χ2v) is 6.61. The van der Waals surface area contributed by atoms with Crippen LogP contribution in [0.25, 0.3) is 0 Å². The number of likely N-dealkylation sites (tertiary alicyclic amines) is 1. The molecule has 108 valence electrons. The fourth-order valence-corrected chi connectivity index (χ4v) is 3.26. The zero-order valence-corrected chi connectivity index (χ0v) is 12.7. The fourth-order valence-electron chi connectivity index (χ4n) is 3.26. The lowest BCUT2D eigenvalue weighted by Crippen LogP contribution is -2.50. The third kappa shape index (κ3) is 3.94. The molecule has 3 heteroatoms. The Kier molecular flexibility index (Phi) is 5.63. The summed E-state index contributed by atoms with van der Waals surface area (Å²) < 4.78 is 0. The maximum absolute atomic E-state index is 9.26. The highest BCUT2D eigenvalue weighted by molar-refractivity contribution is 4.89. The van der Waals surface area contributed by atoms with Gasteiger partial charge in [-0.3, -0.25) is 0 Å². The molecule has 0 saturated carbocycles. The first kappa shape index (κ1) is 15.9. The van der Waals surface area contributed by atoms with Crippen molar-refractivity contribution in [3.05, 3.63) is 0 Å². The van der Waals surface area contributed by atoms with Gasteiger partial charge in [0.1, 0.15) is 0 Å². The van der Waals surface area contributed by atoms with Crippen LogP contribution in [0.2, 0.25) is 0 Å². The number of rotatable bonds is 6. The number of piperidine rings is 1. The zero-order valence-electron chi connectivity index (χ0n) is 12.7. The van der Waals surface area contributed by atoms with Gasteiger partial charge in [-0.2, -0.15) is 0 Å². The second kappa shape index (κ2) is 6.36. The van der Waals surface area contributed by atoms with E-state index in [1.165, 1.54) is 38.8 Å². The van der Waals surface area contributed by atoms with Gasteiger partial charge in [0.25, 0.3) is 0 Å². The molecule has 0 aromatic heterocycles. The minimum atomic E-state index is -0.441. The summed E-state index contributed by atoms with van der Waals surface area (Å²) in [5, 5.41) is 9.26. The van der Waals surface area contributed by atoms with Crippen molar-refractivity contribution in [1.29, 1.82) is 0 Å². The van der Waals surface area contributed by atoms with E-state index in [0.29, 0.717) is 11.5 Å². The summed E-state index contributed by atoms with van der Waals surface area (Å²) in [5.74, 6) is 0. The molecule has 2 atom stereocenters. The minimum absolute atomic E-state index is 0.0685. The van der Waals surface area contributed by atoms with E-state index in [9.17, 15) is 5.11 Å². The number of aliphatic hydroxyl groups is 1. The molecule has 0 amide bonds. The molecular formula is C15H32N2O. The molecule has 1 fully saturated rings. The Balaban J connectivity index is 2.47. The summed E-state index contributed by atoms with van der Waals surface area (Å²) in [5.41, 5.74) is 6.19. The standard InChI is InChI=1S/C15H32N2O/c1-5-15(6-2)7-9-17(10-8-15)13(3)11-14(4,16)12-18/h13,18H,5-12,16H2,1-4H3. The number of nitrogens with zero attached hydrogens (tertiary/aromatic N) is 1. The number of nitrogens with two attached hydrogens (primary N) is 1. The lowest BCUT2D eigenvalue weighted by molar-refractivity contribution is 0.0562. The molecule has 0 aromatic carbocycles. The lowest BCUT2D eigenvalue weighted by Gasteiger charge is -2.44. The second-order valence-electron chi connectivity index (χ2n) is 6.61. The molecule has 1 aliphatic rings. The topological polar surface area (TPSA) is 49.5 Å². The summed E-state index contributed by atoms with van der Waals surface area (Å²) >= 11 is 0. The molecule has 0 spiro atoms. The van der Waals surface area contributed by atoms with E-state index in [4.69, 9.17) is 5.73 Å². The quantitative estimate of drug-likeness (QED) is 0.767. The molecule has 2 unspecified atom stereocenters. The molecule has 3 nitrogen and oxygen atoms in total. The predicted octanol–water partition coefficient (Wildman–Crippen LogP) is 2.38. The highest BCUT2D eigenvalue weighted by Crippen LogP contribution is 2.38. The van der Waals surface area contributed by atoms with Crippen LogP contribution < -0.4 is 5.73 Å². The summed E-state index contributed by atoms with van der Waals surface area (Å²) in [6.07, 6.45) is 6.10. The van der Waals surface area contributed by atoms with E-state index >= 15 is 0 Å². The molecule has 1 aliphatic heterocycles. The highest BCUT2D eigenvalue weighted by atomic mass is 16.3. The van der Waals surface area contributed by atoms with E-state index in [0.717, 1.165) is 6.42 Å². The van der Waals surface area contributed by atoms with Gasteiger partial charge in [-0.25, -0.2) is 0 Å². The first-order valence-electron chi connectivity index (χ1n) is 7.52. The maximum atomic E-state index is 9.26. The molecule has 3 N–H and O–H groups in total. The van der Waals surface area contributed by atoms with E-state index in [-0.39, 0.29) is 6.61 Å². The van der Waals surface area contributed by atoms with Crippen molar-refractivity contribution in [2.75, 3.05) is 19.7 Å². The largest absolute Gasteiger partial charge is 0.394 e. The van der Waals surface area contributed by atoms with Gasteiger partial charge in [0, 0.05) is 11.6 Å². The molecule has 1 saturated heterocycles. The van der Waals surface area contributed by atoms with Gasteiger partial charge in [0.2, 0.25) is 0 Å². The Morgan fingerprint density at radius 2 is 1.78 bits per heavy atom. The number of hydrogen-bond donors (Lipinski definition) is 2. The van der Waals surface area contributed by atoms with Crippen LogP contribution in [0.15, 0.2) is 0 Å². The average molecular weight is 256 g/mol. The van der Waals surface area contributed by atoms with Crippen LogP contribution in [0.5, 0.6) is 0 Å². The third-order valence-corrected chi connectivity index (χ3v) is 5.10. The molecule has 0 bridgehead atoms. The van der Waals surface area contributed by atoms with Gasteiger partial charge in [0.05, 0.1) is 6.61 Å². The van der Waals surface area contributed by atoms with Gasteiger partial charge < -0.3 is 15.7 Å². The van der Waals surface area contributed by atoms with Gasteiger partial charge >= 0.3 is 0 Å². The zero-order chi connectivity index (χ0) is 13.8. The van der Waals surface area contributed by atoms with Crippen LogP contribution in [0.3, 0.4) is 0 Å². The van der Waals surface area contributed by atoms with Crippen molar-refractivity contribution in [3.8, 4) is 0 Å². The van der Waals surface area contributed by atoms with E-state index < -0.39 is 5.54 Å². The predicted molar refractivity (Wildman–Crippen MR) is 77.6 cm³/mol. The summed E-state index contributed by atoms with van der Waals surface area (Å²) in [4.78, 5) is 2.55. The molecule has 18 heavy (non-hydrogen) atoms. The van der Waals surface area contributed by atoms with Crippen molar-refractivity contribution in [3.63, 3.8) is 0 Å². The molecular weight excluding hydrogens is 224 g/mol. The molecule has 0 aromatic rings. The lowest BCUT2D eigenvalue weighted by atomic mass is 9.74. The molecule has 1 heterocycles. The van der Waals surface area contributed by atoms with Gasteiger partial charge in [-0.15, -0.1) is 0 Å². The van der Waals surface area contributed by atoms with Crippen molar-refractivity contribution < 1.29 is 5.11 Å². The van der Waals surface area contributed by atoms with Gasteiger partial charge in [0.15, 0.2) is 0 Å². The Morgan fingerprint density at radius 3 is 2.17 bits per heavy atom. The van der Waals surface area contributed by atoms with Crippen LogP contribution in [-0.4, -0.2) is 41.3 Å².